The van der Waals surface area contributed by atoms with E-state index in [9.17, 15) is 9.59 Å². The second kappa shape index (κ2) is 10.1. The fourth-order valence-electron chi connectivity index (χ4n) is 2.90. The van der Waals surface area contributed by atoms with E-state index in [4.69, 9.17) is 9.47 Å². The van der Waals surface area contributed by atoms with Crippen molar-refractivity contribution in [1.29, 1.82) is 0 Å². The molecule has 154 valence electrons. The Kier molecular flexibility index (Phi) is 7.05. The number of hydrogen-bond donors (Lipinski definition) is 2. The molecule has 3 aromatic rings. The number of nitrogens with one attached hydrogen (secondary N) is 2. The number of ether oxygens (including phenoxy) is 2. The van der Waals surface area contributed by atoms with Crippen molar-refractivity contribution >= 4 is 17.5 Å². The monoisotopic (exact) mass is 404 g/mol. The number of hydrogen-bond acceptors (Lipinski definition) is 4. The lowest BCUT2D eigenvalue weighted by Crippen LogP contribution is -2.24. The summed E-state index contributed by atoms with van der Waals surface area (Å²) in [4.78, 5) is 25.3. The van der Waals surface area contributed by atoms with E-state index in [1.54, 1.807) is 55.6 Å². The van der Waals surface area contributed by atoms with E-state index in [0.29, 0.717) is 35.7 Å². The van der Waals surface area contributed by atoms with Crippen molar-refractivity contribution in [3.63, 3.8) is 0 Å². The van der Waals surface area contributed by atoms with Gasteiger partial charge in [-0.2, -0.15) is 0 Å². The smallest absolute Gasteiger partial charge is 0.255 e. The molecule has 0 unspecified atom stereocenters. The lowest BCUT2D eigenvalue weighted by molar-refractivity contribution is 0.0952. The second-order valence-corrected chi connectivity index (χ2v) is 6.49. The Bertz CT molecular complexity index is 1020. The van der Waals surface area contributed by atoms with Gasteiger partial charge in [-0.15, -0.1) is 0 Å². The van der Waals surface area contributed by atoms with Gasteiger partial charge in [-0.1, -0.05) is 30.3 Å². The highest BCUT2D eigenvalue weighted by atomic mass is 16.5. The maximum atomic E-state index is 12.7. The lowest BCUT2D eigenvalue weighted by atomic mass is 10.1. The average molecular weight is 404 g/mol. The van der Waals surface area contributed by atoms with Crippen LogP contribution in [0.3, 0.4) is 0 Å². The maximum Gasteiger partial charge on any atom is 0.255 e. The first-order valence-electron chi connectivity index (χ1n) is 9.65. The Balaban J connectivity index is 1.67. The molecule has 3 rings (SSSR count). The van der Waals surface area contributed by atoms with Crippen LogP contribution in [0.15, 0.2) is 72.8 Å². The fraction of sp³-hybridized carbons (Fsp3) is 0.167. The highest BCUT2D eigenvalue weighted by Crippen LogP contribution is 2.19. The number of rotatable bonds is 8. The van der Waals surface area contributed by atoms with Crippen LogP contribution in [-0.2, 0) is 6.54 Å². The van der Waals surface area contributed by atoms with E-state index in [0.717, 1.165) is 11.3 Å². The number of carbonyl (C=O) groups excluding carboxylic acids is 2. The summed E-state index contributed by atoms with van der Waals surface area (Å²) in [5.74, 6) is 0.785. The third-order valence-corrected chi connectivity index (χ3v) is 4.44. The van der Waals surface area contributed by atoms with E-state index in [1.807, 2.05) is 31.2 Å². The quantitative estimate of drug-likeness (QED) is 0.588. The number of benzene rings is 3. The van der Waals surface area contributed by atoms with E-state index < -0.39 is 0 Å². The molecule has 0 heterocycles. The molecule has 2 amide bonds. The third kappa shape index (κ3) is 5.38. The Morgan fingerprint density at radius 2 is 1.63 bits per heavy atom. The van der Waals surface area contributed by atoms with Crippen LogP contribution < -0.4 is 20.1 Å². The Labute approximate surface area is 175 Å². The Hall–Kier alpha value is -3.80. The first-order valence-corrected chi connectivity index (χ1v) is 9.65. The molecule has 0 fully saturated rings. The Morgan fingerprint density at radius 1 is 0.867 bits per heavy atom. The van der Waals surface area contributed by atoms with Crippen molar-refractivity contribution in [3.8, 4) is 11.5 Å². The van der Waals surface area contributed by atoms with Gasteiger partial charge in [0.2, 0.25) is 0 Å². The molecule has 0 saturated heterocycles. The van der Waals surface area contributed by atoms with Crippen molar-refractivity contribution in [2.75, 3.05) is 19.0 Å². The minimum absolute atomic E-state index is 0.273. The van der Waals surface area contributed by atoms with Crippen LogP contribution in [0, 0.1) is 0 Å². The highest BCUT2D eigenvalue weighted by Gasteiger charge is 2.14. The van der Waals surface area contributed by atoms with Crippen molar-refractivity contribution in [3.05, 3.63) is 89.5 Å². The molecule has 0 spiro atoms. The SMILES string of the molecule is CCOc1ccc(CNC(=O)c2ccccc2NC(=O)c2cccc(OC)c2)cc1. The van der Waals surface area contributed by atoms with Gasteiger partial charge in [-0.3, -0.25) is 9.59 Å². The van der Waals surface area contributed by atoms with Gasteiger partial charge in [0.05, 0.1) is 25.0 Å². The number of methoxy groups -OCH3 is 1. The first-order chi connectivity index (χ1) is 14.6. The molecule has 30 heavy (non-hydrogen) atoms. The molecule has 6 nitrogen and oxygen atoms in total. The molecule has 0 aliphatic carbocycles. The number of amides is 2. The molecule has 0 atom stereocenters. The van der Waals surface area contributed by atoms with E-state index >= 15 is 0 Å². The van der Waals surface area contributed by atoms with Gasteiger partial charge in [0.1, 0.15) is 11.5 Å². The van der Waals surface area contributed by atoms with Gasteiger partial charge in [-0.25, -0.2) is 0 Å². The zero-order valence-electron chi connectivity index (χ0n) is 17.0. The summed E-state index contributed by atoms with van der Waals surface area (Å²) in [6, 6.07) is 21.3. The van der Waals surface area contributed by atoms with Gasteiger partial charge in [0.25, 0.3) is 11.8 Å². The molecule has 6 heteroatoms. The van der Waals surface area contributed by atoms with Crippen molar-refractivity contribution in [1.82, 2.24) is 5.32 Å². The summed E-state index contributed by atoms with van der Waals surface area (Å²) < 4.78 is 10.6. The summed E-state index contributed by atoms with van der Waals surface area (Å²) in [6.07, 6.45) is 0. The maximum absolute atomic E-state index is 12.7. The molecule has 0 aromatic heterocycles. The van der Waals surface area contributed by atoms with E-state index in [1.165, 1.54) is 0 Å². The van der Waals surface area contributed by atoms with Crippen LogP contribution >= 0.6 is 0 Å². The van der Waals surface area contributed by atoms with Crippen molar-refractivity contribution in [2.45, 2.75) is 13.5 Å². The second-order valence-electron chi connectivity index (χ2n) is 6.49. The molecule has 2 N–H and O–H groups in total. The third-order valence-electron chi connectivity index (χ3n) is 4.44. The normalized spacial score (nSPS) is 10.2. The van der Waals surface area contributed by atoms with Gasteiger partial charge < -0.3 is 20.1 Å². The van der Waals surface area contributed by atoms with Crippen LogP contribution in [-0.4, -0.2) is 25.5 Å². The van der Waals surface area contributed by atoms with E-state index in [2.05, 4.69) is 10.6 Å². The fourth-order valence-corrected chi connectivity index (χ4v) is 2.90. The largest absolute Gasteiger partial charge is 0.497 e. The van der Waals surface area contributed by atoms with Crippen LogP contribution in [0.4, 0.5) is 5.69 Å². The molecule has 0 radical (unpaired) electrons. The predicted molar refractivity (Wildman–Crippen MR) is 116 cm³/mol. The molecule has 3 aromatic carbocycles. The van der Waals surface area contributed by atoms with Gasteiger partial charge in [0.15, 0.2) is 0 Å². The summed E-state index contributed by atoms with van der Waals surface area (Å²) in [7, 11) is 1.54. The molecule has 0 aliphatic rings. The van der Waals surface area contributed by atoms with Crippen LogP contribution in [0.1, 0.15) is 33.2 Å². The lowest BCUT2D eigenvalue weighted by Gasteiger charge is -2.12. The first kappa shape index (κ1) is 20.9. The zero-order chi connectivity index (χ0) is 21.3. The number of anilines is 1. The molecular formula is C24H24N2O4. The predicted octanol–water partition coefficient (Wildman–Crippen LogP) is 4.28. The van der Waals surface area contributed by atoms with Crippen molar-refractivity contribution in [2.24, 2.45) is 0 Å². The summed E-state index contributed by atoms with van der Waals surface area (Å²) in [5.41, 5.74) is 2.22. The summed E-state index contributed by atoms with van der Waals surface area (Å²) in [6.45, 7) is 2.90. The minimum atomic E-state index is -0.319. The minimum Gasteiger partial charge on any atom is -0.497 e. The molecule has 0 bridgehead atoms. The number of para-hydroxylation sites is 1. The summed E-state index contributed by atoms with van der Waals surface area (Å²) in [5, 5.41) is 5.69. The number of carbonyl (C=O) groups is 2. The van der Waals surface area contributed by atoms with Crippen molar-refractivity contribution < 1.29 is 19.1 Å². The summed E-state index contributed by atoms with van der Waals surface area (Å²) >= 11 is 0. The van der Waals surface area contributed by atoms with Gasteiger partial charge in [-0.05, 0) is 55.0 Å². The molecular weight excluding hydrogens is 380 g/mol. The van der Waals surface area contributed by atoms with E-state index in [-0.39, 0.29) is 11.8 Å². The standard InChI is InChI=1S/C24H24N2O4/c1-3-30-19-13-11-17(12-14-19)16-25-24(28)21-9-4-5-10-22(21)26-23(27)18-7-6-8-20(15-18)29-2/h4-15H,3,16H2,1-2H3,(H,25,28)(H,26,27). The average Bonchev–Trinajstić information content (AvgIpc) is 2.79. The zero-order valence-corrected chi connectivity index (χ0v) is 17.0. The van der Waals surface area contributed by atoms with Gasteiger partial charge in [0, 0.05) is 12.1 Å². The highest BCUT2D eigenvalue weighted by molar-refractivity contribution is 6.09. The topological polar surface area (TPSA) is 76.7 Å². The van der Waals surface area contributed by atoms with Gasteiger partial charge >= 0.3 is 0 Å². The van der Waals surface area contributed by atoms with Crippen LogP contribution in [0.2, 0.25) is 0 Å². The van der Waals surface area contributed by atoms with Crippen LogP contribution in [0.5, 0.6) is 11.5 Å². The molecule has 0 saturated carbocycles. The van der Waals surface area contributed by atoms with Crippen LogP contribution in [0.25, 0.3) is 0 Å². The Morgan fingerprint density at radius 3 is 2.37 bits per heavy atom. The molecule has 0 aliphatic heterocycles.